The lowest BCUT2D eigenvalue weighted by molar-refractivity contribution is -0.116. The van der Waals surface area contributed by atoms with Crippen LogP contribution < -0.4 is 10.6 Å². The summed E-state index contributed by atoms with van der Waals surface area (Å²) in [6.45, 7) is 1.88. The van der Waals surface area contributed by atoms with Gasteiger partial charge in [-0.05, 0) is 43.0 Å². The Kier molecular flexibility index (Phi) is 5.73. The van der Waals surface area contributed by atoms with Crippen molar-refractivity contribution in [3.8, 4) is 11.8 Å². The lowest BCUT2D eigenvalue weighted by Gasteiger charge is -2.17. The molecule has 0 bridgehead atoms. The molecule has 1 aliphatic heterocycles. The summed E-state index contributed by atoms with van der Waals surface area (Å²) in [4.78, 5) is 11.6. The molecule has 4 nitrogen and oxygen atoms in total. The van der Waals surface area contributed by atoms with Gasteiger partial charge in [-0.1, -0.05) is 18.1 Å². The molecule has 1 aliphatic rings. The van der Waals surface area contributed by atoms with Crippen LogP contribution in [-0.4, -0.2) is 30.6 Å². The van der Waals surface area contributed by atoms with Crippen molar-refractivity contribution in [2.24, 2.45) is 5.92 Å². The Morgan fingerprint density at radius 1 is 1.48 bits per heavy atom. The van der Waals surface area contributed by atoms with Crippen LogP contribution in [0.1, 0.15) is 24.5 Å². The van der Waals surface area contributed by atoms with Crippen molar-refractivity contribution in [2.45, 2.75) is 18.9 Å². The molecule has 1 aromatic carbocycles. The van der Waals surface area contributed by atoms with Crippen LogP contribution in [0.4, 0.5) is 4.39 Å². The van der Waals surface area contributed by atoms with Gasteiger partial charge in [0.1, 0.15) is 5.82 Å². The second-order valence-electron chi connectivity index (χ2n) is 5.09. The minimum atomic E-state index is -0.868. The number of aliphatic hydroxyl groups is 1. The second-order valence-corrected chi connectivity index (χ2v) is 5.09. The highest BCUT2D eigenvalue weighted by Crippen LogP contribution is 2.12. The van der Waals surface area contributed by atoms with Gasteiger partial charge in [0, 0.05) is 19.0 Å². The van der Waals surface area contributed by atoms with E-state index < -0.39 is 12.0 Å². The summed E-state index contributed by atoms with van der Waals surface area (Å²) in [7, 11) is 0. The number of aliphatic hydroxyl groups excluding tert-OH is 1. The van der Waals surface area contributed by atoms with Crippen molar-refractivity contribution in [1.82, 2.24) is 10.6 Å². The number of hydrogen-bond donors (Lipinski definition) is 3. The number of benzene rings is 1. The topological polar surface area (TPSA) is 61.4 Å². The molecule has 0 aliphatic carbocycles. The first-order valence-corrected chi connectivity index (χ1v) is 7.09. The van der Waals surface area contributed by atoms with Crippen molar-refractivity contribution in [3.05, 3.63) is 35.6 Å². The monoisotopic (exact) mass is 290 g/mol. The number of hydrogen-bond acceptors (Lipinski definition) is 3. The van der Waals surface area contributed by atoms with Crippen LogP contribution >= 0.6 is 0 Å². The van der Waals surface area contributed by atoms with E-state index in [4.69, 9.17) is 0 Å². The summed E-state index contributed by atoms with van der Waals surface area (Å²) in [6, 6.07) is 5.53. The molecule has 2 unspecified atom stereocenters. The Balaban J connectivity index is 1.78. The molecule has 2 atom stereocenters. The highest BCUT2D eigenvalue weighted by molar-refractivity contribution is 5.93. The van der Waals surface area contributed by atoms with Crippen LogP contribution in [0.2, 0.25) is 0 Å². The summed E-state index contributed by atoms with van der Waals surface area (Å²) < 4.78 is 12.8. The molecule has 3 N–H and O–H groups in total. The van der Waals surface area contributed by atoms with Crippen LogP contribution in [0.5, 0.6) is 0 Å². The zero-order valence-corrected chi connectivity index (χ0v) is 11.7. The van der Waals surface area contributed by atoms with E-state index in [1.165, 1.54) is 24.3 Å². The average molecular weight is 290 g/mol. The average Bonchev–Trinajstić information content (AvgIpc) is 2.52. The Morgan fingerprint density at radius 2 is 2.24 bits per heavy atom. The molecule has 21 heavy (non-hydrogen) atoms. The zero-order valence-electron chi connectivity index (χ0n) is 11.7. The fourth-order valence-electron chi connectivity index (χ4n) is 2.18. The molecule has 0 spiro atoms. The zero-order chi connectivity index (χ0) is 15.1. The summed E-state index contributed by atoms with van der Waals surface area (Å²) in [5, 5.41) is 15.7. The van der Waals surface area contributed by atoms with Crippen molar-refractivity contribution < 1.29 is 14.3 Å². The van der Waals surface area contributed by atoms with E-state index in [1.807, 2.05) is 0 Å². The maximum atomic E-state index is 12.8. The van der Waals surface area contributed by atoms with Gasteiger partial charge in [-0.15, -0.1) is 0 Å². The van der Waals surface area contributed by atoms with E-state index in [0.717, 1.165) is 25.9 Å². The predicted octanol–water partition coefficient (Wildman–Crippen LogP) is 0.978. The molecular weight excluding hydrogens is 271 g/mol. The molecule has 1 fully saturated rings. The Bertz CT molecular complexity index is 527. The fourth-order valence-corrected chi connectivity index (χ4v) is 2.18. The quantitative estimate of drug-likeness (QED) is 0.727. The molecular formula is C16H19FN2O2. The second kappa shape index (κ2) is 7.77. The standard InChI is InChI=1S/C16H19FN2O2/c17-14-6-4-13(5-7-14)15(20)11-19-16(21)8-3-12-2-1-9-18-10-12/h4-7,12,15,18,20H,1-2,9-11H2,(H,19,21). The van der Waals surface area contributed by atoms with Gasteiger partial charge < -0.3 is 15.7 Å². The third-order valence-electron chi connectivity index (χ3n) is 3.40. The predicted molar refractivity (Wildman–Crippen MR) is 77.7 cm³/mol. The van der Waals surface area contributed by atoms with Crippen LogP contribution in [0.15, 0.2) is 24.3 Å². The van der Waals surface area contributed by atoms with Gasteiger partial charge in [0.2, 0.25) is 0 Å². The highest BCUT2D eigenvalue weighted by atomic mass is 19.1. The lowest BCUT2D eigenvalue weighted by atomic mass is 10.0. The first-order valence-electron chi connectivity index (χ1n) is 7.09. The van der Waals surface area contributed by atoms with E-state index in [2.05, 4.69) is 22.5 Å². The third kappa shape index (κ3) is 5.18. The lowest BCUT2D eigenvalue weighted by Crippen LogP contribution is -2.30. The molecule has 1 amide bonds. The van der Waals surface area contributed by atoms with Crippen molar-refractivity contribution in [2.75, 3.05) is 19.6 Å². The van der Waals surface area contributed by atoms with Gasteiger partial charge in [0.05, 0.1) is 6.10 Å². The number of nitrogens with one attached hydrogen (secondary N) is 2. The van der Waals surface area contributed by atoms with Crippen LogP contribution in [-0.2, 0) is 4.79 Å². The molecule has 0 radical (unpaired) electrons. The van der Waals surface area contributed by atoms with Crippen molar-refractivity contribution in [1.29, 1.82) is 0 Å². The smallest absolute Gasteiger partial charge is 0.295 e. The molecule has 1 saturated heterocycles. The summed E-state index contributed by atoms with van der Waals surface area (Å²) in [6.07, 6.45) is 1.21. The Labute approximate surface area is 123 Å². The first-order chi connectivity index (χ1) is 10.1. The first kappa shape index (κ1) is 15.5. The minimum absolute atomic E-state index is 0.0576. The maximum Gasteiger partial charge on any atom is 0.295 e. The van der Waals surface area contributed by atoms with Gasteiger partial charge >= 0.3 is 0 Å². The van der Waals surface area contributed by atoms with Gasteiger partial charge in [0.25, 0.3) is 5.91 Å². The third-order valence-corrected chi connectivity index (χ3v) is 3.40. The van der Waals surface area contributed by atoms with Crippen molar-refractivity contribution in [3.63, 3.8) is 0 Å². The number of carbonyl (C=O) groups is 1. The fraction of sp³-hybridized carbons (Fsp3) is 0.438. The number of carbonyl (C=O) groups excluding carboxylic acids is 1. The summed E-state index contributed by atoms with van der Waals surface area (Å²) in [5.41, 5.74) is 0.557. The normalized spacial score (nSPS) is 19.2. The van der Waals surface area contributed by atoms with E-state index in [9.17, 15) is 14.3 Å². The van der Waals surface area contributed by atoms with E-state index in [-0.39, 0.29) is 18.3 Å². The van der Waals surface area contributed by atoms with Gasteiger partial charge in [0.15, 0.2) is 0 Å². The van der Waals surface area contributed by atoms with Gasteiger partial charge in [-0.3, -0.25) is 4.79 Å². The molecule has 1 aromatic rings. The number of rotatable bonds is 3. The highest BCUT2D eigenvalue weighted by Gasteiger charge is 2.11. The largest absolute Gasteiger partial charge is 0.387 e. The van der Waals surface area contributed by atoms with E-state index >= 15 is 0 Å². The van der Waals surface area contributed by atoms with Gasteiger partial charge in [-0.2, -0.15) is 0 Å². The molecule has 5 heteroatoms. The number of halogens is 1. The Morgan fingerprint density at radius 3 is 2.90 bits per heavy atom. The minimum Gasteiger partial charge on any atom is -0.387 e. The van der Waals surface area contributed by atoms with E-state index in [1.54, 1.807) is 0 Å². The Hall–Kier alpha value is -1.90. The summed E-state index contributed by atoms with van der Waals surface area (Å²) in [5.74, 6) is 4.95. The number of piperidine rings is 1. The molecule has 2 rings (SSSR count). The van der Waals surface area contributed by atoms with Gasteiger partial charge in [-0.25, -0.2) is 4.39 Å². The summed E-state index contributed by atoms with van der Waals surface area (Å²) >= 11 is 0. The maximum absolute atomic E-state index is 12.8. The molecule has 0 aromatic heterocycles. The van der Waals surface area contributed by atoms with Crippen LogP contribution in [0.25, 0.3) is 0 Å². The van der Waals surface area contributed by atoms with Crippen molar-refractivity contribution >= 4 is 5.91 Å². The van der Waals surface area contributed by atoms with Crippen LogP contribution in [0, 0.1) is 23.6 Å². The molecule has 1 heterocycles. The van der Waals surface area contributed by atoms with Crippen LogP contribution in [0.3, 0.4) is 0 Å². The number of amides is 1. The van der Waals surface area contributed by atoms with E-state index in [0.29, 0.717) is 5.56 Å². The SMILES string of the molecule is O=C(C#CC1CCCNC1)NCC(O)c1ccc(F)cc1. The molecule has 112 valence electrons. The molecule has 0 saturated carbocycles.